The van der Waals surface area contributed by atoms with Crippen LogP contribution in [0.15, 0.2) is 55.0 Å². The van der Waals surface area contributed by atoms with Gasteiger partial charge in [-0.05, 0) is 48.4 Å². The molecule has 9 nitrogen and oxygen atoms in total. The van der Waals surface area contributed by atoms with E-state index in [1.54, 1.807) is 53.5 Å². The van der Waals surface area contributed by atoms with E-state index in [4.69, 9.17) is 4.74 Å². The van der Waals surface area contributed by atoms with E-state index in [1.807, 2.05) is 18.2 Å². The van der Waals surface area contributed by atoms with E-state index in [0.29, 0.717) is 42.5 Å². The molecule has 1 aliphatic heterocycles. The number of amides is 3. The number of nitrogens with one attached hydrogen (secondary N) is 2. The number of rotatable bonds is 6. The van der Waals surface area contributed by atoms with Gasteiger partial charge in [-0.1, -0.05) is 0 Å². The molecule has 0 aliphatic carbocycles. The monoisotopic (exact) mass is 406 g/mol. The Balaban J connectivity index is 1.41. The lowest BCUT2D eigenvalue weighted by Gasteiger charge is -2.20. The Hall–Kier alpha value is -3.88. The van der Waals surface area contributed by atoms with E-state index < -0.39 is 0 Å². The molecule has 0 spiro atoms. The molecular formula is C21H22N6O3. The molecule has 1 aromatic carbocycles. The lowest BCUT2D eigenvalue weighted by molar-refractivity contribution is -0.117. The molecule has 3 amide bonds. The number of urea groups is 1. The topological polar surface area (TPSA) is 101 Å². The number of hydrogen-bond donors (Lipinski definition) is 2. The molecule has 4 rings (SSSR count). The smallest absolute Gasteiger partial charge is 0.319 e. The molecule has 3 aromatic rings. The van der Waals surface area contributed by atoms with Crippen LogP contribution < -0.4 is 20.3 Å². The van der Waals surface area contributed by atoms with Crippen molar-refractivity contribution in [1.29, 1.82) is 0 Å². The predicted octanol–water partition coefficient (Wildman–Crippen LogP) is 2.72. The molecule has 2 aromatic heterocycles. The van der Waals surface area contributed by atoms with Gasteiger partial charge in [0.2, 0.25) is 5.91 Å². The summed E-state index contributed by atoms with van der Waals surface area (Å²) >= 11 is 0. The Kier molecular flexibility index (Phi) is 5.60. The van der Waals surface area contributed by atoms with Gasteiger partial charge in [0.05, 0.1) is 12.8 Å². The Labute approximate surface area is 173 Å². The number of carbonyl (C=O) groups excluding carboxylic acids is 2. The van der Waals surface area contributed by atoms with Crippen molar-refractivity contribution in [1.82, 2.24) is 20.1 Å². The maximum atomic E-state index is 12.4. The van der Waals surface area contributed by atoms with Crippen LogP contribution in [0.25, 0.3) is 5.82 Å². The molecule has 154 valence electrons. The van der Waals surface area contributed by atoms with Gasteiger partial charge in [-0.2, -0.15) is 5.10 Å². The van der Waals surface area contributed by atoms with Gasteiger partial charge in [0.15, 0.2) is 5.82 Å². The van der Waals surface area contributed by atoms with Crippen molar-refractivity contribution < 1.29 is 14.3 Å². The summed E-state index contributed by atoms with van der Waals surface area (Å²) in [6.45, 7) is 0.974. The summed E-state index contributed by atoms with van der Waals surface area (Å²) in [5.41, 5.74) is 2.13. The number of anilines is 2. The first-order valence-electron chi connectivity index (χ1n) is 9.62. The van der Waals surface area contributed by atoms with E-state index in [-0.39, 0.29) is 11.9 Å². The van der Waals surface area contributed by atoms with Gasteiger partial charge in [-0.15, -0.1) is 0 Å². The first kappa shape index (κ1) is 19.4. The standard InChI is InChI=1S/C21H22N6O3/c1-30-18-6-5-16(13-17(18)26-10-2-4-20(26)28)25-21(29)23-14-15-7-9-22-19(12-15)27-11-3-8-24-27/h3,5-9,11-13H,2,4,10,14H2,1H3,(H2,23,25,29). The van der Waals surface area contributed by atoms with Crippen LogP contribution in [-0.4, -0.2) is 40.4 Å². The molecule has 1 saturated heterocycles. The molecule has 1 fully saturated rings. The van der Waals surface area contributed by atoms with Crippen LogP contribution in [0.5, 0.6) is 5.75 Å². The van der Waals surface area contributed by atoms with Crippen LogP contribution in [0.3, 0.4) is 0 Å². The molecule has 30 heavy (non-hydrogen) atoms. The summed E-state index contributed by atoms with van der Waals surface area (Å²) in [6.07, 6.45) is 6.49. The Morgan fingerprint density at radius 1 is 1.23 bits per heavy atom. The minimum absolute atomic E-state index is 0.0561. The molecule has 0 saturated carbocycles. The normalized spacial score (nSPS) is 13.4. The number of nitrogens with zero attached hydrogens (tertiary/aromatic N) is 4. The van der Waals surface area contributed by atoms with Crippen LogP contribution in [0.4, 0.5) is 16.2 Å². The number of hydrogen-bond acceptors (Lipinski definition) is 5. The highest BCUT2D eigenvalue weighted by molar-refractivity contribution is 5.98. The molecule has 1 aliphatic rings. The van der Waals surface area contributed by atoms with Gasteiger partial charge in [0.25, 0.3) is 0 Å². The van der Waals surface area contributed by atoms with Gasteiger partial charge in [-0.3, -0.25) is 4.79 Å². The average molecular weight is 406 g/mol. The molecular weight excluding hydrogens is 384 g/mol. The third-order valence-corrected chi connectivity index (χ3v) is 4.80. The summed E-state index contributed by atoms with van der Waals surface area (Å²) < 4.78 is 7.03. The summed E-state index contributed by atoms with van der Waals surface area (Å²) in [6, 6.07) is 10.4. The maximum Gasteiger partial charge on any atom is 0.319 e. The van der Waals surface area contributed by atoms with Crippen molar-refractivity contribution in [2.45, 2.75) is 19.4 Å². The van der Waals surface area contributed by atoms with Crippen molar-refractivity contribution in [3.63, 3.8) is 0 Å². The third kappa shape index (κ3) is 4.24. The molecule has 0 atom stereocenters. The van der Waals surface area contributed by atoms with Crippen molar-refractivity contribution in [2.24, 2.45) is 0 Å². The van der Waals surface area contributed by atoms with E-state index in [2.05, 4.69) is 20.7 Å². The number of aromatic nitrogens is 3. The Bertz CT molecular complexity index is 1050. The maximum absolute atomic E-state index is 12.4. The van der Waals surface area contributed by atoms with E-state index in [0.717, 1.165) is 12.0 Å². The van der Waals surface area contributed by atoms with E-state index >= 15 is 0 Å². The van der Waals surface area contributed by atoms with Crippen LogP contribution in [0, 0.1) is 0 Å². The van der Waals surface area contributed by atoms with Gasteiger partial charge < -0.3 is 20.3 Å². The fourth-order valence-corrected chi connectivity index (χ4v) is 3.34. The quantitative estimate of drug-likeness (QED) is 0.655. The number of pyridine rings is 1. The third-order valence-electron chi connectivity index (χ3n) is 4.80. The fourth-order valence-electron chi connectivity index (χ4n) is 3.34. The van der Waals surface area contributed by atoms with Crippen molar-refractivity contribution in [3.05, 3.63) is 60.6 Å². The second kappa shape index (κ2) is 8.64. The van der Waals surface area contributed by atoms with Crippen LogP contribution in [-0.2, 0) is 11.3 Å². The lowest BCUT2D eigenvalue weighted by atomic mass is 10.2. The SMILES string of the molecule is COc1ccc(NC(=O)NCc2ccnc(-n3cccn3)c2)cc1N1CCCC1=O. The molecule has 0 radical (unpaired) electrons. The zero-order chi connectivity index (χ0) is 20.9. The van der Waals surface area contributed by atoms with Gasteiger partial charge in [0.1, 0.15) is 5.75 Å². The van der Waals surface area contributed by atoms with E-state index in [1.165, 1.54) is 0 Å². The van der Waals surface area contributed by atoms with Gasteiger partial charge in [-0.25, -0.2) is 14.5 Å². The molecule has 3 heterocycles. The predicted molar refractivity (Wildman–Crippen MR) is 112 cm³/mol. The van der Waals surface area contributed by atoms with Crippen molar-refractivity contribution in [3.8, 4) is 11.6 Å². The van der Waals surface area contributed by atoms with Crippen LogP contribution >= 0.6 is 0 Å². The first-order valence-corrected chi connectivity index (χ1v) is 9.62. The summed E-state index contributed by atoms with van der Waals surface area (Å²) in [4.78, 5) is 30.5. The van der Waals surface area contributed by atoms with Gasteiger partial charge >= 0.3 is 6.03 Å². The number of methoxy groups -OCH3 is 1. The fraction of sp³-hybridized carbons (Fsp3) is 0.238. The minimum Gasteiger partial charge on any atom is -0.495 e. The number of carbonyl (C=O) groups is 2. The molecule has 2 N–H and O–H groups in total. The second-order valence-electron chi connectivity index (χ2n) is 6.82. The summed E-state index contributed by atoms with van der Waals surface area (Å²) in [5, 5.41) is 9.79. The highest BCUT2D eigenvalue weighted by atomic mass is 16.5. The highest BCUT2D eigenvalue weighted by Gasteiger charge is 2.24. The van der Waals surface area contributed by atoms with Crippen LogP contribution in [0.2, 0.25) is 0 Å². The largest absolute Gasteiger partial charge is 0.495 e. The van der Waals surface area contributed by atoms with Gasteiger partial charge in [0, 0.05) is 43.8 Å². The zero-order valence-electron chi connectivity index (χ0n) is 16.5. The first-order chi connectivity index (χ1) is 14.6. The lowest BCUT2D eigenvalue weighted by Crippen LogP contribution is -2.28. The van der Waals surface area contributed by atoms with Crippen molar-refractivity contribution in [2.75, 3.05) is 23.9 Å². The Morgan fingerprint density at radius 2 is 2.13 bits per heavy atom. The molecule has 0 bridgehead atoms. The van der Waals surface area contributed by atoms with E-state index in [9.17, 15) is 9.59 Å². The Morgan fingerprint density at radius 3 is 2.87 bits per heavy atom. The zero-order valence-corrected chi connectivity index (χ0v) is 16.5. The number of ether oxygens (including phenoxy) is 1. The summed E-state index contributed by atoms with van der Waals surface area (Å²) in [7, 11) is 1.56. The molecule has 0 unspecified atom stereocenters. The van der Waals surface area contributed by atoms with Crippen LogP contribution in [0.1, 0.15) is 18.4 Å². The average Bonchev–Trinajstić information content (AvgIpc) is 3.44. The second-order valence-corrected chi connectivity index (χ2v) is 6.82. The minimum atomic E-state index is -0.351. The summed E-state index contributed by atoms with van der Waals surface area (Å²) in [5.74, 6) is 1.33. The molecule has 9 heteroatoms. The number of benzene rings is 1. The highest BCUT2D eigenvalue weighted by Crippen LogP contribution is 2.33. The van der Waals surface area contributed by atoms with Crippen molar-refractivity contribution >= 4 is 23.3 Å².